The van der Waals surface area contributed by atoms with Crippen LogP contribution in [0.4, 0.5) is 0 Å². The van der Waals surface area contributed by atoms with E-state index < -0.39 is 0 Å². The van der Waals surface area contributed by atoms with E-state index in [1.165, 1.54) is 0 Å². The fourth-order valence-electron chi connectivity index (χ4n) is 1.36. The molecule has 0 unspecified atom stereocenters. The fourth-order valence-corrected chi connectivity index (χ4v) is 1.77. The van der Waals surface area contributed by atoms with Crippen LogP contribution in [0.3, 0.4) is 0 Å². The van der Waals surface area contributed by atoms with E-state index >= 15 is 0 Å². The molecular weight excluding hydrogens is 247 g/mol. The van der Waals surface area contributed by atoms with E-state index in [-0.39, 0.29) is 0 Å². The van der Waals surface area contributed by atoms with Gasteiger partial charge >= 0.3 is 0 Å². The van der Waals surface area contributed by atoms with Gasteiger partial charge in [-0.25, -0.2) is 9.67 Å². The molecule has 0 fully saturated rings. The van der Waals surface area contributed by atoms with Gasteiger partial charge in [0.2, 0.25) is 0 Å². The second kappa shape index (κ2) is 4.82. The van der Waals surface area contributed by atoms with E-state index in [0.29, 0.717) is 15.9 Å². The number of rotatable bonds is 3. The number of halogens is 2. The predicted octanol–water partition coefficient (Wildman–Crippen LogP) is 2.29. The molecule has 0 aliphatic rings. The number of hydrogen-bond donors (Lipinski definition) is 1. The van der Waals surface area contributed by atoms with Gasteiger partial charge in [0.05, 0.1) is 22.4 Å². The lowest BCUT2D eigenvalue weighted by atomic mass is 10.3. The standard InChI is InChI=1S/C10H10Cl2N4/c1-13-3-7-2-9(12)10(14-4-7)16-6-8(11)5-15-16/h2,4-6,13H,3H2,1H3. The minimum atomic E-state index is 0.549. The van der Waals surface area contributed by atoms with Crippen molar-refractivity contribution in [3.63, 3.8) is 0 Å². The maximum absolute atomic E-state index is 6.11. The molecule has 0 aromatic carbocycles. The smallest absolute Gasteiger partial charge is 0.172 e. The minimum Gasteiger partial charge on any atom is -0.316 e. The first-order chi connectivity index (χ1) is 7.70. The Bertz CT molecular complexity index is 495. The first-order valence-electron chi connectivity index (χ1n) is 4.70. The molecule has 0 aliphatic heterocycles. The van der Waals surface area contributed by atoms with Crippen LogP contribution in [0.2, 0.25) is 10.0 Å². The highest BCUT2D eigenvalue weighted by atomic mass is 35.5. The number of nitrogens with one attached hydrogen (secondary N) is 1. The molecule has 4 nitrogen and oxygen atoms in total. The molecule has 84 valence electrons. The van der Waals surface area contributed by atoms with Gasteiger partial charge in [-0.3, -0.25) is 0 Å². The molecule has 2 aromatic rings. The van der Waals surface area contributed by atoms with Crippen LogP contribution in [0.25, 0.3) is 5.82 Å². The summed E-state index contributed by atoms with van der Waals surface area (Å²) in [6.45, 7) is 0.729. The number of hydrogen-bond acceptors (Lipinski definition) is 3. The van der Waals surface area contributed by atoms with Crippen LogP contribution in [0.1, 0.15) is 5.56 Å². The van der Waals surface area contributed by atoms with Crippen molar-refractivity contribution >= 4 is 23.2 Å². The van der Waals surface area contributed by atoms with Gasteiger partial charge in [-0.2, -0.15) is 5.10 Å². The maximum atomic E-state index is 6.11. The summed E-state index contributed by atoms with van der Waals surface area (Å²) in [6, 6.07) is 1.86. The van der Waals surface area contributed by atoms with Crippen LogP contribution >= 0.6 is 23.2 Å². The molecule has 0 radical (unpaired) electrons. The Morgan fingerprint density at radius 3 is 2.75 bits per heavy atom. The van der Waals surface area contributed by atoms with Gasteiger partial charge in [-0.15, -0.1) is 0 Å². The molecule has 0 spiro atoms. The molecule has 2 aromatic heterocycles. The highest BCUT2D eigenvalue weighted by molar-refractivity contribution is 6.32. The summed E-state index contributed by atoms with van der Waals surface area (Å²) in [5.41, 5.74) is 1.02. The Morgan fingerprint density at radius 2 is 2.19 bits per heavy atom. The second-order valence-electron chi connectivity index (χ2n) is 3.28. The largest absolute Gasteiger partial charge is 0.316 e. The number of pyridine rings is 1. The zero-order valence-electron chi connectivity index (χ0n) is 8.61. The average molecular weight is 257 g/mol. The summed E-state index contributed by atoms with van der Waals surface area (Å²) < 4.78 is 1.55. The summed E-state index contributed by atoms with van der Waals surface area (Å²) in [7, 11) is 1.87. The highest BCUT2D eigenvalue weighted by Gasteiger charge is 2.06. The minimum absolute atomic E-state index is 0.549. The summed E-state index contributed by atoms with van der Waals surface area (Å²) >= 11 is 11.9. The molecule has 2 rings (SSSR count). The third-order valence-corrected chi connectivity index (χ3v) is 2.50. The molecule has 0 atom stereocenters. The first kappa shape index (κ1) is 11.4. The van der Waals surface area contributed by atoms with E-state index in [0.717, 1.165) is 12.1 Å². The average Bonchev–Trinajstić information content (AvgIpc) is 2.65. The van der Waals surface area contributed by atoms with Crippen molar-refractivity contribution in [1.82, 2.24) is 20.1 Å². The molecule has 0 saturated carbocycles. The van der Waals surface area contributed by atoms with Crippen molar-refractivity contribution in [2.24, 2.45) is 0 Å². The Hall–Kier alpha value is -1.10. The summed E-state index contributed by atoms with van der Waals surface area (Å²) in [5.74, 6) is 0.577. The van der Waals surface area contributed by atoms with Gasteiger partial charge in [0, 0.05) is 12.7 Å². The van der Waals surface area contributed by atoms with Crippen LogP contribution < -0.4 is 5.32 Å². The van der Waals surface area contributed by atoms with Gasteiger partial charge in [0.25, 0.3) is 0 Å². The van der Waals surface area contributed by atoms with Crippen molar-refractivity contribution in [3.8, 4) is 5.82 Å². The molecular formula is C10H10Cl2N4. The van der Waals surface area contributed by atoms with E-state index in [2.05, 4.69) is 15.4 Å². The van der Waals surface area contributed by atoms with Crippen LogP contribution in [0.15, 0.2) is 24.7 Å². The Balaban J connectivity index is 2.36. The zero-order valence-corrected chi connectivity index (χ0v) is 10.1. The van der Waals surface area contributed by atoms with E-state index in [1.807, 2.05) is 13.1 Å². The quantitative estimate of drug-likeness (QED) is 0.917. The summed E-state index contributed by atoms with van der Waals surface area (Å²) in [6.07, 6.45) is 4.96. The van der Waals surface area contributed by atoms with Gasteiger partial charge in [0.15, 0.2) is 5.82 Å². The predicted molar refractivity (Wildman–Crippen MR) is 64.1 cm³/mol. The Kier molecular flexibility index (Phi) is 3.43. The van der Waals surface area contributed by atoms with E-state index in [4.69, 9.17) is 23.2 Å². The molecule has 1 N–H and O–H groups in total. The van der Waals surface area contributed by atoms with Crippen LogP contribution in [-0.2, 0) is 6.54 Å². The summed E-state index contributed by atoms with van der Waals surface area (Å²) in [5, 5.41) is 8.18. The molecule has 0 saturated heterocycles. The first-order valence-corrected chi connectivity index (χ1v) is 5.46. The van der Waals surface area contributed by atoms with Gasteiger partial charge in [-0.1, -0.05) is 23.2 Å². The molecule has 16 heavy (non-hydrogen) atoms. The monoisotopic (exact) mass is 256 g/mol. The SMILES string of the molecule is CNCc1cnc(-n2cc(Cl)cn2)c(Cl)c1. The number of aromatic nitrogens is 3. The Labute approximate surface area is 103 Å². The van der Waals surface area contributed by atoms with Crippen molar-refractivity contribution < 1.29 is 0 Å². The lowest BCUT2D eigenvalue weighted by Gasteiger charge is -2.05. The maximum Gasteiger partial charge on any atom is 0.172 e. The van der Waals surface area contributed by atoms with Crippen molar-refractivity contribution in [1.29, 1.82) is 0 Å². The molecule has 0 amide bonds. The Morgan fingerprint density at radius 1 is 1.38 bits per heavy atom. The van der Waals surface area contributed by atoms with Gasteiger partial charge in [0.1, 0.15) is 0 Å². The lowest BCUT2D eigenvalue weighted by molar-refractivity contribution is 0.802. The molecule has 0 bridgehead atoms. The van der Waals surface area contributed by atoms with Crippen LogP contribution in [0.5, 0.6) is 0 Å². The molecule has 0 aliphatic carbocycles. The summed E-state index contributed by atoms with van der Waals surface area (Å²) in [4.78, 5) is 4.25. The fraction of sp³-hybridized carbons (Fsp3) is 0.200. The van der Waals surface area contributed by atoms with Crippen molar-refractivity contribution in [2.45, 2.75) is 6.54 Å². The zero-order chi connectivity index (χ0) is 11.5. The van der Waals surface area contributed by atoms with E-state index in [1.54, 1.807) is 23.3 Å². The van der Waals surface area contributed by atoms with Crippen molar-refractivity contribution in [2.75, 3.05) is 7.05 Å². The normalized spacial score (nSPS) is 10.7. The topological polar surface area (TPSA) is 42.7 Å². The van der Waals surface area contributed by atoms with Crippen LogP contribution in [0, 0.1) is 0 Å². The third-order valence-electron chi connectivity index (χ3n) is 2.03. The highest BCUT2D eigenvalue weighted by Crippen LogP contribution is 2.20. The van der Waals surface area contributed by atoms with E-state index in [9.17, 15) is 0 Å². The number of nitrogens with zero attached hydrogens (tertiary/aromatic N) is 3. The second-order valence-corrected chi connectivity index (χ2v) is 4.13. The van der Waals surface area contributed by atoms with Gasteiger partial charge in [-0.05, 0) is 18.7 Å². The molecule has 6 heteroatoms. The van der Waals surface area contributed by atoms with Gasteiger partial charge < -0.3 is 5.32 Å². The molecule has 2 heterocycles. The van der Waals surface area contributed by atoms with Crippen molar-refractivity contribution in [3.05, 3.63) is 40.3 Å². The lowest BCUT2D eigenvalue weighted by Crippen LogP contribution is -2.07. The third kappa shape index (κ3) is 2.35. The van der Waals surface area contributed by atoms with Crippen LogP contribution in [-0.4, -0.2) is 21.8 Å².